The van der Waals surface area contributed by atoms with Crippen molar-refractivity contribution in [1.29, 1.82) is 0 Å². The molecule has 0 saturated carbocycles. The van der Waals surface area contributed by atoms with E-state index in [0.29, 0.717) is 5.56 Å². The van der Waals surface area contributed by atoms with Gasteiger partial charge >= 0.3 is 0 Å². The summed E-state index contributed by atoms with van der Waals surface area (Å²) in [6.07, 6.45) is 1.00. The van der Waals surface area contributed by atoms with Gasteiger partial charge in [0.25, 0.3) is 0 Å². The van der Waals surface area contributed by atoms with Crippen LogP contribution in [0.15, 0.2) is 42.5 Å². The van der Waals surface area contributed by atoms with E-state index in [1.165, 1.54) is 16.7 Å². The maximum atomic E-state index is 11.2. The average molecular weight is 296 g/mol. The summed E-state index contributed by atoms with van der Waals surface area (Å²) in [6, 6.07) is 13.8. The topological polar surface area (TPSA) is 64.3 Å². The molecule has 0 bridgehead atoms. The average Bonchev–Trinajstić information content (AvgIpc) is 2.55. The number of fused-ring (bicyclic) bond motifs is 1. The van der Waals surface area contributed by atoms with Gasteiger partial charge in [-0.1, -0.05) is 30.3 Å². The van der Waals surface area contributed by atoms with Crippen LogP contribution in [0.5, 0.6) is 0 Å². The van der Waals surface area contributed by atoms with Crippen LogP contribution in [-0.4, -0.2) is 26.1 Å². The van der Waals surface area contributed by atoms with Gasteiger partial charge in [0.15, 0.2) is 0 Å². The number of nitrogens with two attached hydrogens (primary N) is 1. The first-order valence-electron chi connectivity index (χ1n) is 7.49. The Kier molecular flexibility index (Phi) is 4.22. The van der Waals surface area contributed by atoms with Gasteiger partial charge in [0.05, 0.1) is 12.7 Å². The Morgan fingerprint density at radius 3 is 2.73 bits per heavy atom. The number of likely N-dealkylation sites (N-methyl/N-ethyl adjacent to an activating group) is 1. The van der Waals surface area contributed by atoms with Gasteiger partial charge in [0.2, 0.25) is 5.91 Å². The van der Waals surface area contributed by atoms with Crippen LogP contribution in [-0.2, 0) is 11.2 Å². The fraction of sp³-hybridized carbons (Fsp3) is 0.278. The van der Waals surface area contributed by atoms with Crippen molar-refractivity contribution in [3.63, 3.8) is 0 Å². The van der Waals surface area contributed by atoms with E-state index in [1.807, 2.05) is 19.2 Å². The van der Waals surface area contributed by atoms with Crippen molar-refractivity contribution in [1.82, 2.24) is 5.32 Å². The summed E-state index contributed by atoms with van der Waals surface area (Å²) in [4.78, 5) is 11.2. The first-order valence-corrected chi connectivity index (χ1v) is 7.49. The van der Waals surface area contributed by atoms with E-state index in [1.54, 1.807) is 12.1 Å². The molecule has 3 rings (SSSR count). The minimum atomic E-state index is -0.399. The van der Waals surface area contributed by atoms with E-state index in [9.17, 15) is 4.79 Å². The molecule has 1 amide bonds. The predicted octanol–water partition coefficient (Wildman–Crippen LogP) is 2.29. The predicted molar refractivity (Wildman–Crippen MR) is 86.7 cm³/mol. The summed E-state index contributed by atoms with van der Waals surface area (Å²) in [6.45, 7) is 1.53. The summed E-state index contributed by atoms with van der Waals surface area (Å²) in [5, 5.41) is 3.18. The number of carbonyl (C=O) groups excluding carboxylic acids is 1. The normalized spacial score (nSPS) is 17.0. The minimum Gasteiger partial charge on any atom is -0.372 e. The summed E-state index contributed by atoms with van der Waals surface area (Å²) in [5.41, 5.74) is 10.7. The molecular formula is C18H20N2O2. The van der Waals surface area contributed by atoms with Gasteiger partial charge in [-0.2, -0.15) is 0 Å². The summed E-state index contributed by atoms with van der Waals surface area (Å²) < 4.78 is 5.86. The quantitative estimate of drug-likeness (QED) is 0.910. The van der Waals surface area contributed by atoms with Crippen molar-refractivity contribution < 1.29 is 9.53 Å². The van der Waals surface area contributed by atoms with Crippen molar-refractivity contribution >= 4 is 5.91 Å². The van der Waals surface area contributed by atoms with Gasteiger partial charge in [-0.05, 0) is 47.9 Å². The van der Waals surface area contributed by atoms with E-state index in [0.717, 1.165) is 25.1 Å². The fourth-order valence-electron chi connectivity index (χ4n) is 3.02. The molecule has 2 aromatic carbocycles. The van der Waals surface area contributed by atoms with E-state index in [4.69, 9.17) is 10.5 Å². The monoisotopic (exact) mass is 296 g/mol. The highest BCUT2D eigenvalue weighted by Crippen LogP contribution is 2.34. The summed E-state index contributed by atoms with van der Waals surface area (Å²) in [5.74, 6) is -0.399. The number of rotatable bonds is 4. The molecule has 114 valence electrons. The number of carbonyl (C=O) groups is 1. The molecule has 2 aromatic rings. The lowest BCUT2D eigenvalue weighted by molar-refractivity contribution is 0.0440. The van der Waals surface area contributed by atoms with Crippen molar-refractivity contribution in [2.75, 3.05) is 20.2 Å². The SMILES string of the molecule is CNCC1OCCc2c(-c3ccc(C(N)=O)cc3)cccc21. The van der Waals surface area contributed by atoms with E-state index in [-0.39, 0.29) is 6.10 Å². The molecule has 22 heavy (non-hydrogen) atoms. The van der Waals surface area contributed by atoms with E-state index < -0.39 is 5.91 Å². The van der Waals surface area contributed by atoms with Crippen LogP contribution in [0, 0.1) is 0 Å². The smallest absolute Gasteiger partial charge is 0.248 e. The molecule has 0 fully saturated rings. The number of nitrogens with one attached hydrogen (secondary N) is 1. The fourth-order valence-corrected chi connectivity index (χ4v) is 3.02. The molecule has 1 heterocycles. The van der Waals surface area contributed by atoms with E-state index >= 15 is 0 Å². The van der Waals surface area contributed by atoms with Crippen LogP contribution in [0.1, 0.15) is 27.6 Å². The molecule has 1 unspecified atom stereocenters. The maximum Gasteiger partial charge on any atom is 0.248 e. The molecule has 1 aliphatic rings. The third kappa shape index (κ3) is 2.75. The Hall–Kier alpha value is -2.17. The molecule has 1 aliphatic heterocycles. The molecule has 0 radical (unpaired) electrons. The zero-order chi connectivity index (χ0) is 15.5. The number of hydrogen-bond donors (Lipinski definition) is 2. The summed E-state index contributed by atoms with van der Waals surface area (Å²) >= 11 is 0. The Balaban J connectivity index is 2.01. The Morgan fingerprint density at radius 1 is 1.27 bits per heavy atom. The van der Waals surface area contributed by atoms with Crippen LogP contribution < -0.4 is 11.1 Å². The van der Waals surface area contributed by atoms with Crippen LogP contribution in [0.4, 0.5) is 0 Å². The second-order valence-electron chi connectivity index (χ2n) is 5.48. The van der Waals surface area contributed by atoms with Crippen molar-refractivity contribution in [2.24, 2.45) is 5.73 Å². The van der Waals surface area contributed by atoms with Gasteiger partial charge in [-0.3, -0.25) is 4.79 Å². The van der Waals surface area contributed by atoms with E-state index in [2.05, 4.69) is 23.5 Å². The zero-order valence-corrected chi connectivity index (χ0v) is 12.6. The van der Waals surface area contributed by atoms with Gasteiger partial charge in [-0.25, -0.2) is 0 Å². The number of hydrogen-bond acceptors (Lipinski definition) is 3. The third-order valence-electron chi connectivity index (χ3n) is 4.10. The lowest BCUT2D eigenvalue weighted by atomic mass is 9.89. The van der Waals surface area contributed by atoms with Gasteiger partial charge in [0, 0.05) is 12.1 Å². The van der Waals surface area contributed by atoms with Crippen molar-refractivity contribution in [2.45, 2.75) is 12.5 Å². The van der Waals surface area contributed by atoms with Gasteiger partial charge < -0.3 is 15.8 Å². The minimum absolute atomic E-state index is 0.0959. The molecule has 1 atom stereocenters. The molecule has 4 heteroatoms. The molecule has 0 saturated heterocycles. The summed E-state index contributed by atoms with van der Waals surface area (Å²) in [7, 11) is 1.93. The standard InChI is InChI=1S/C18H20N2O2/c1-20-11-17-16-4-2-3-14(15(16)9-10-22-17)12-5-7-13(8-6-12)18(19)21/h2-8,17,20H,9-11H2,1H3,(H2,19,21). The number of primary amides is 1. The lowest BCUT2D eigenvalue weighted by Crippen LogP contribution is -2.25. The molecule has 0 aromatic heterocycles. The second-order valence-corrected chi connectivity index (χ2v) is 5.48. The Labute approximate surface area is 130 Å². The first-order chi connectivity index (χ1) is 10.7. The Bertz CT molecular complexity index is 680. The number of ether oxygens (including phenoxy) is 1. The van der Waals surface area contributed by atoms with Gasteiger partial charge in [-0.15, -0.1) is 0 Å². The van der Waals surface area contributed by atoms with Crippen LogP contribution in [0.3, 0.4) is 0 Å². The number of amides is 1. The highest BCUT2D eigenvalue weighted by atomic mass is 16.5. The molecule has 0 spiro atoms. The van der Waals surface area contributed by atoms with Crippen molar-refractivity contribution in [3.05, 3.63) is 59.2 Å². The molecule has 0 aliphatic carbocycles. The van der Waals surface area contributed by atoms with Crippen molar-refractivity contribution in [3.8, 4) is 11.1 Å². The molecular weight excluding hydrogens is 276 g/mol. The third-order valence-corrected chi connectivity index (χ3v) is 4.10. The van der Waals surface area contributed by atoms with Crippen LogP contribution in [0.2, 0.25) is 0 Å². The first kappa shape index (κ1) is 14.8. The highest BCUT2D eigenvalue weighted by molar-refractivity contribution is 5.93. The molecule has 3 N–H and O–H groups in total. The van der Waals surface area contributed by atoms with Crippen LogP contribution in [0.25, 0.3) is 11.1 Å². The second kappa shape index (κ2) is 6.30. The van der Waals surface area contributed by atoms with Gasteiger partial charge in [0.1, 0.15) is 0 Å². The molecule has 4 nitrogen and oxygen atoms in total. The van der Waals surface area contributed by atoms with Crippen LogP contribution >= 0.6 is 0 Å². The number of benzene rings is 2. The highest BCUT2D eigenvalue weighted by Gasteiger charge is 2.22. The zero-order valence-electron chi connectivity index (χ0n) is 12.6. The Morgan fingerprint density at radius 2 is 2.05 bits per heavy atom. The maximum absolute atomic E-state index is 11.2. The lowest BCUT2D eigenvalue weighted by Gasteiger charge is -2.28. The largest absolute Gasteiger partial charge is 0.372 e.